The number of nitrogens with one attached hydrogen (secondary N) is 1. The number of hydrogen-bond acceptors (Lipinski definition) is 4. The Balaban J connectivity index is 2.02. The second-order valence-corrected chi connectivity index (χ2v) is 6.80. The van der Waals surface area contributed by atoms with Gasteiger partial charge in [0.05, 0.1) is 18.2 Å². The Kier molecular flexibility index (Phi) is 7.48. The Morgan fingerprint density at radius 2 is 2.15 bits per heavy atom. The zero-order valence-electron chi connectivity index (χ0n) is 16.8. The maximum Gasteiger partial charge on any atom is 0.310 e. The number of aryl methyl sites for hydroxylation is 2. The van der Waals surface area contributed by atoms with Gasteiger partial charge in [-0.05, 0) is 52.5 Å². The first-order chi connectivity index (χ1) is 12.5. The molecule has 1 N–H and O–H groups in total. The summed E-state index contributed by atoms with van der Waals surface area (Å²) in [4.78, 5) is 19.1. The molecule has 0 radical (unpaired) electrons. The Bertz CT molecular complexity index is 638. The average molecular weight is 364 g/mol. The van der Waals surface area contributed by atoms with Crippen LogP contribution in [0.25, 0.3) is 0 Å². The molecule has 146 valence electrons. The number of likely N-dealkylation sites (tertiary alicyclic amines) is 1. The van der Waals surface area contributed by atoms with Gasteiger partial charge >= 0.3 is 5.97 Å². The maximum atomic E-state index is 12.1. The van der Waals surface area contributed by atoms with Crippen molar-refractivity contribution in [3.63, 3.8) is 0 Å². The highest BCUT2D eigenvalue weighted by Crippen LogP contribution is 2.18. The van der Waals surface area contributed by atoms with Crippen LogP contribution >= 0.6 is 0 Å². The van der Waals surface area contributed by atoms with Crippen LogP contribution in [-0.2, 0) is 23.0 Å². The van der Waals surface area contributed by atoms with Crippen LogP contribution in [0.3, 0.4) is 0 Å². The Labute approximate surface area is 156 Å². The molecule has 1 unspecified atom stereocenters. The van der Waals surface area contributed by atoms with Gasteiger partial charge in [0.25, 0.3) is 0 Å². The summed E-state index contributed by atoms with van der Waals surface area (Å²) in [6.07, 6.45) is 2.74. The standard InChI is InChI=1S/C19H33N5O2/c1-6-20-19(21-11-10-17-14(3)22-23(5)15(17)4)24-12-8-9-16(13-24)18(25)26-7-2/h16H,6-13H2,1-5H3,(H,20,21). The zero-order chi connectivity index (χ0) is 19.1. The average Bonchev–Trinajstić information content (AvgIpc) is 2.87. The number of esters is 1. The van der Waals surface area contributed by atoms with Crippen molar-refractivity contribution in [2.75, 3.05) is 32.8 Å². The number of hydrogen-bond donors (Lipinski definition) is 1. The fourth-order valence-corrected chi connectivity index (χ4v) is 3.50. The topological polar surface area (TPSA) is 71.8 Å². The van der Waals surface area contributed by atoms with E-state index in [9.17, 15) is 4.79 Å². The molecule has 1 aliphatic rings. The molecule has 0 spiro atoms. The first kappa shape index (κ1) is 20.3. The second kappa shape index (κ2) is 9.59. The lowest BCUT2D eigenvalue weighted by molar-refractivity contribution is -0.149. The number of ether oxygens (including phenoxy) is 1. The molecular weight excluding hydrogens is 330 g/mol. The monoisotopic (exact) mass is 363 g/mol. The van der Waals surface area contributed by atoms with Gasteiger partial charge in [-0.2, -0.15) is 5.10 Å². The van der Waals surface area contributed by atoms with E-state index in [2.05, 4.69) is 29.2 Å². The lowest BCUT2D eigenvalue weighted by Gasteiger charge is -2.34. The number of aromatic nitrogens is 2. The van der Waals surface area contributed by atoms with E-state index in [1.54, 1.807) is 0 Å². The summed E-state index contributed by atoms with van der Waals surface area (Å²) in [5.74, 6) is 0.741. The highest BCUT2D eigenvalue weighted by atomic mass is 16.5. The summed E-state index contributed by atoms with van der Waals surface area (Å²) in [6.45, 7) is 11.6. The van der Waals surface area contributed by atoms with Crippen molar-refractivity contribution < 1.29 is 9.53 Å². The van der Waals surface area contributed by atoms with Gasteiger partial charge in [0.1, 0.15) is 0 Å². The first-order valence-electron chi connectivity index (χ1n) is 9.66. The lowest BCUT2D eigenvalue weighted by atomic mass is 9.98. The SMILES string of the molecule is CCNC(=NCCc1c(C)nn(C)c1C)N1CCCC(C(=O)OCC)C1. The molecule has 2 heterocycles. The van der Waals surface area contributed by atoms with Gasteiger partial charge in [-0.25, -0.2) is 0 Å². The van der Waals surface area contributed by atoms with E-state index in [4.69, 9.17) is 9.73 Å². The van der Waals surface area contributed by atoms with Crippen molar-refractivity contribution >= 4 is 11.9 Å². The van der Waals surface area contributed by atoms with Crippen LogP contribution < -0.4 is 5.32 Å². The third kappa shape index (κ3) is 4.99. The minimum atomic E-state index is -0.0883. The van der Waals surface area contributed by atoms with Gasteiger partial charge in [-0.3, -0.25) is 14.5 Å². The number of carbonyl (C=O) groups excluding carboxylic acids is 1. The molecule has 0 bridgehead atoms. The second-order valence-electron chi connectivity index (χ2n) is 6.80. The maximum absolute atomic E-state index is 12.1. The fourth-order valence-electron chi connectivity index (χ4n) is 3.50. The Morgan fingerprint density at radius 3 is 2.77 bits per heavy atom. The number of carbonyl (C=O) groups is 1. The highest BCUT2D eigenvalue weighted by Gasteiger charge is 2.28. The summed E-state index contributed by atoms with van der Waals surface area (Å²) < 4.78 is 7.13. The molecule has 1 aliphatic heterocycles. The molecule has 2 rings (SSSR count). The third-order valence-corrected chi connectivity index (χ3v) is 4.96. The Morgan fingerprint density at radius 1 is 1.38 bits per heavy atom. The minimum Gasteiger partial charge on any atom is -0.466 e. The van der Waals surface area contributed by atoms with Crippen molar-refractivity contribution in [1.82, 2.24) is 20.0 Å². The van der Waals surface area contributed by atoms with E-state index < -0.39 is 0 Å². The number of rotatable bonds is 6. The van der Waals surface area contributed by atoms with E-state index in [1.807, 2.05) is 25.6 Å². The quantitative estimate of drug-likeness (QED) is 0.474. The molecular formula is C19H33N5O2. The van der Waals surface area contributed by atoms with Gasteiger partial charge in [0.15, 0.2) is 5.96 Å². The van der Waals surface area contributed by atoms with Crippen LogP contribution in [0.15, 0.2) is 4.99 Å². The summed E-state index contributed by atoms with van der Waals surface area (Å²) in [6, 6.07) is 0. The minimum absolute atomic E-state index is 0.0598. The number of guanidine groups is 1. The summed E-state index contributed by atoms with van der Waals surface area (Å²) in [5, 5.41) is 7.84. The van der Waals surface area contributed by atoms with Crippen molar-refractivity contribution in [3.8, 4) is 0 Å². The smallest absolute Gasteiger partial charge is 0.310 e. The summed E-state index contributed by atoms with van der Waals surface area (Å²) in [5.41, 5.74) is 3.55. The van der Waals surface area contributed by atoms with E-state index in [0.717, 1.165) is 44.0 Å². The number of piperidine rings is 1. The fraction of sp³-hybridized carbons (Fsp3) is 0.737. The van der Waals surface area contributed by atoms with Crippen LogP contribution in [0, 0.1) is 19.8 Å². The Hall–Kier alpha value is -2.05. The van der Waals surface area contributed by atoms with Crippen molar-refractivity contribution in [3.05, 3.63) is 17.0 Å². The predicted molar refractivity (Wildman–Crippen MR) is 103 cm³/mol. The molecule has 1 saturated heterocycles. The molecule has 0 aliphatic carbocycles. The predicted octanol–water partition coefficient (Wildman–Crippen LogP) is 1.82. The van der Waals surface area contributed by atoms with Crippen LogP contribution in [0.5, 0.6) is 0 Å². The first-order valence-corrected chi connectivity index (χ1v) is 9.66. The van der Waals surface area contributed by atoms with Gasteiger partial charge in [-0.1, -0.05) is 0 Å². The molecule has 0 saturated carbocycles. The lowest BCUT2D eigenvalue weighted by Crippen LogP contribution is -2.48. The zero-order valence-corrected chi connectivity index (χ0v) is 16.8. The molecule has 7 nitrogen and oxygen atoms in total. The van der Waals surface area contributed by atoms with Crippen molar-refractivity contribution in [2.24, 2.45) is 18.0 Å². The van der Waals surface area contributed by atoms with Crippen LogP contribution in [0.4, 0.5) is 0 Å². The van der Waals surface area contributed by atoms with Gasteiger partial charge in [-0.15, -0.1) is 0 Å². The summed E-state index contributed by atoms with van der Waals surface area (Å²) in [7, 11) is 1.97. The van der Waals surface area contributed by atoms with E-state index in [0.29, 0.717) is 19.7 Å². The van der Waals surface area contributed by atoms with Gasteiger partial charge in [0.2, 0.25) is 0 Å². The van der Waals surface area contributed by atoms with Crippen LogP contribution in [0.2, 0.25) is 0 Å². The molecule has 1 aromatic rings. The molecule has 7 heteroatoms. The number of nitrogens with zero attached hydrogens (tertiary/aromatic N) is 4. The molecule has 1 fully saturated rings. The van der Waals surface area contributed by atoms with E-state index in [-0.39, 0.29) is 11.9 Å². The highest BCUT2D eigenvalue weighted by molar-refractivity contribution is 5.81. The van der Waals surface area contributed by atoms with Crippen LogP contribution in [0.1, 0.15) is 43.6 Å². The molecule has 1 aromatic heterocycles. The van der Waals surface area contributed by atoms with Crippen molar-refractivity contribution in [2.45, 2.75) is 47.0 Å². The molecule has 1 atom stereocenters. The van der Waals surface area contributed by atoms with Gasteiger partial charge < -0.3 is 15.0 Å². The normalized spacial score (nSPS) is 18.1. The van der Waals surface area contributed by atoms with E-state index >= 15 is 0 Å². The molecule has 26 heavy (non-hydrogen) atoms. The van der Waals surface area contributed by atoms with Gasteiger partial charge in [0, 0.05) is 38.9 Å². The number of aliphatic imine (C=N–C) groups is 1. The van der Waals surface area contributed by atoms with Crippen LogP contribution in [-0.4, -0.2) is 59.4 Å². The van der Waals surface area contributed by atoms with E-state index in [1.165, 1.54) is 11.3 Å². The molecule has 0 amide bonds. The third-order valence-electron chi connectivity index (χ3n) is 4.96. The summed E-state index contributed by atoms with van der Waals surface area (Å²) >= 11 is 0. The van der Waals surface area contributed by atoms with Crippen molar-refractivity contribution in [1.29, 1.82) is 0 Å². The largest absolute Gasteiger partial charge is 0.466 e. The molecule has 0 aromatic carbocycles.